The van der Waals surface area contributed by atoms with E-state index in [4.69, 9.17) is 4.42 Å². The second-order valence-corrected chi connectivity index (χ2v) is 12.8. The minimum absolute atomic E-state index is 0.0603. The van der Waals surface area contributed by atoms with Crippen LogP contribution < -0.4 is 16.0 Å². The maximum atomic E-state index is 13.3. The van der Waals surface area contributed by atoms with Gasteiger partial charge in [-0.2, -0.15) is 0 Å². The summed E-state index contributed by atoms with van der Waals surface area (Å²) in [6.45, 7) is 3.45. The van der Waals surface area contributed by atoms with E-state index in [0.717, 1.165) is 43.7 Å². The number of carbonyl (C=O) groups excluding carboxylic acids is 7. The normalized spacial score (nSPS) is 19.4. The van der Waals surface area contributed by atoms with Crippen molar-refractivity contribution >= 4 is 46.8 Å². The maximum Gasteiger partial charge on any atom is 0.287 e. The van der Waals surface area contributed by atoms with E-state index in [0.29, 0.717) is 36.8 Å². The molecule has 4 heterocycles. The van der Waals surface area contributed by atoms with Crippen LogP contribution >= 0.6 is 0 Å². The van der Waals surface area contributed by atoms with Gasteiger partial charge in [0.1, 0.15) is 6.04 Å². The first-order valence-electron chi connectivity index (χ1n) is 16.6. The zero-order valence-electron chi connectivity index (χ0n) is 26.7. The van der Waals surface area contributed by atoms with Crippen molar-refractivity contribution in [1.29, 1.82) is 0 Å². The lowest BCUT2D eigenvalue weighted by atomic mass is 9.89. The Kier molecular flexibility index (Phi) is 8.68. The molecule has 2 fully saturated rings. The van der Waals surface area contributed by atoms with Crippen LogP contribution in [0.1, 0.15) is 102 Å². The molecule has 4 aliphatic rings. The van der Waals surface area contributed by atoms with Crippen molar-refractivity contribution in [2.75, 3.05) is 38.0 Å². The van der Waals surface area contributed by atoms with Crippen molar-refractivity contribution in [3.05, 3.63) is 87.9 Å². The average Bonchev–Trinajstić information content (AvgIpc) is 3.67. The summed E-state index contributed by atoms with van der Waals surface area (Å²) in [7, 11) is 0. The van der Waals surface area contributed by atoms with Crippen LogP contribution in [-0.4, -0.2) is 89.7 Å². The predicted octanol–water partition coefficient (Wildman–Crippen LogP) is 2.79. The molecule has 0 saturated carbocycles. The number of anilines is 1. The molecule has 0 bridgehead atoms. The third-order valence-electron chi connectivity index (χ3n) is 9.82. The molecule has 3 aliphatic heterocycles. The van der Waals surface area contributed by atoms with Crippen molar-refractivity contribution in [3.63, 3.8) is 0 Å². The van der Waals surface area contributed by atoms with E-state index in [1.54, 1.807) is 42.5 Å². The quantitative estimate of drug-likeness (QED) is 0.169. The van der Waals surface area contributed by atoms with Gasteiger partial charge in [-0.1, -0.05) is 30.3 Å². The summed E-state index contributed by atoms with van der Waals surface area (Å²) >= 11 is 0. The highest BCUT2D eigenvalue weighted by Gasteiger charge is 2.45. The summed E-state index contributed by atoms with van der Waals surface area (Å²) in [5, 5.41) is 8.37. The Morgan fingerprint density at radius 1 is 0.837 bits per heavy atom. The Labute approximate surface area is 281 Å². The zero-order valence-corrected chi connectivity index (χ0v) is 26.7. The highest BCUT2D eigenvalue weighted by molar-refractivity contribution is 6.28. The first kappa shape index (κ1) is 32.1. The van der Waals surface area contributed by atoms with Gasteiger partial charge in [0.15, 0.2) is 17.3 Å². The number of hydrogen-bond donors (Lipinski definition) is 3. The number of hydrogen-bond acceptors (Lipinski definition) is 10. The first-order chi connectivity index (χ1) is 23.7. The van der Waals surface area contributed by atoms with Gasteiger partial charge in [-0.05, 0) is 63.2 Å². The standard InChI is InChI=1S/C36H35N5O8/c42-28-11-10-26(33(45)39-28)41-35(47)23-8-3-9-25(29(23)36(41)48)37-14-4-5-20-12-16-40(17-13-20)18-15-38-34(46)27-19-24-30(43)21-6-1-2-7-22(21)31(44)32(24)49-27/h1-3,6-9,19-20,26,37H,4-5,10-18H2,(H,38,46)(H,39,42,45). The van der Waals surface area contributed by atoms with E-state index < -0.39 is 41.4 Å². The molecule has 2 aromatic carbocycles. The third-order valence-corrected chi connectivity index (χ3v) is 9.82. The lowest BCUT2D eigenvalue weighted by Crippen LogP contribution is -2.54. The van der Waals surface area contributed by atoms with Crippen LogP contribution in [0.3, 0.4) is 0 Å². The number of amides is 5. The van der Waals surface area contributed by atoms with Crippen LogP contribution in [0.2, 0.25) is 0 Å². The summed E-state index contributed by atoms with van der Waals surface area (Å²) in [4.78, 5) is 92.0. The molecule has 0 radical (unpaired) electrons. The summed E-state index contributed by atoms with van der Waals surface area (Å²) in [6.07, 6.45) is 4.07. The van der Waals surface area contributed by atoms with E-state index in [2.05, 4.69) is 20.9 Å². The monoisotopic (exact) mass is 665 g/mol. The average molecular weight is 666 g/mol. The van der Waals surface area contributed by atoms with Gasteiger partial charge in [-0.25, -0.2) is 0 Å². The number of furan rings is 1. The number of nitrogens with one attached hydrogen (secondary N) is 3. The highest BCUT2D eigenvalue weighted by Crippen LogP contribution is 2.33. The number of ketones is 2. The van der Waals surface area contributed by atoms with Crippen molar-refractivity contribution in [3.8, 4) is 0 Å². The number of benzene rings is 2. The van der Waals surface area contributed by atoms with Gasteiger partial charge >= 0.3 is 0 Å². The van der Waals surface area contributed by atoms with E-state index in [1.807, 2.05) is 0 Å². The van der Waals surface area contributed by atoms with Gasteiger partial charge < -0.3 is 20.0 Å². The molecule has 2 saturated heterocycles. The Morgan fingerprint density at radius 2 is 1.57 bits per heavy atom. The van der Waals surface area contributed by atoms with Gasteiger partial charge in [0.25, 0.3) is 17.7 Å². The summed E-state index contributed by atoms with van der Waals surface area (Å²) < 4.78 is 5.55. The topological polar surface area (TPSA) is 175 Å². The Hall–Kier alpha value is -5.43. The fraction of sp³-hybridized carbons (Fsp3) is 0.361. The number of imide groups is 2. The highest BCUT2D eigenvalue weighted by atomic mass is 16.4. The van der Waals surface area contributed by atoms with Crippen molar-refractivity contribution in [2.24, 2.45) is 5.92 Å². The molecule has 49 heavy (non-hydrogen) atoms. The van der Waals surface area contributed by atoms with Crippen LogP contribution in [0, 0.1) is 5.92 Å². The number of piperidine rings is 2. The lowest BCUT2D eigenvalue weighted by molar-refractivity contribution is -0.136. The van der Waals surface area contributed by atoms with E-state index in [9.17, 15) is 33.6 Å². The molecule has 3 N–H and O–H groups in total. The molecule has 1 aromatic heterocycles. The van der Waals surface area contributed by atoms with Crippen LogP contribution in [-0.2, 0) is 9.59 Å². The maximum absolute atomic E-state index is 13.3. The van der Waals surface area contributed by atoms with Crippen molar-refractivity contribution in [2.45, 2.75) is 44.6 Å². The molecule has 1 aliphatic carbocycles. The lowest BCUT2D eigenvalue weighted by Gasteiger charge is -2.32. The molecule has 252 valence electrons. The number of carbonyl (C=O) groups is 7. The minimum Gasteiger partial charge on any atom is -0.447 e. The van der Waals surface area contributed by atoms with E-state index in [1.165, 1.54) is 6.07 Å². The van der Waals surface area contributed by atoms with Gasteiger partial charge in [-0.15, -0.1) is 0 Å². The van der Waals surface area contributed by atoms with Crippen molar-refractivity contribution in [1.82, 2.24) is 20.4 Å². The van der Waals surface area contributed by atoms with Crippen molar-refractivity contribution < 1.29 is 38.0 Å². The molecular formula is C36H35N5O8. The molecule has 13 heteroatoms. The van der Waals surface area contributed by atoms with E-state index >= 15 is 0 Å². The van der Waals surface area contributed by atoms with E-state index in [-0.39, 0.29) is 52.4 Å². The van der Waals surface area contributed by atoms with Gasteiger partial charge in [0, 0.05) is 48.9 Å². The van der Waals surface area contributed by atoms with Crippen LogP contribution in [0.5, 0.6) is 0 Å². The van der Waals surface area contributed by atoms with Gasteiger partial charge in [0.2, 0.25) is 17.6 Å². The van der Waals surface area contributed by atoms with Crippen LogP contribution in [0.15, 0.2) is 52.9 Å². The zero-order chi connectivity index (χ0) is 34.2. The first-order valence-corrected chi connectivity index (χ1v) is 16.6. The number of nitrogens with zero attached hydrogens (tertiary/aromatic N) is 2. The molecule has 1 atom stereocenters. The minimum atomic E-state index is -1.00. The summed E-state index contributed by atoms with van der Waals surface area (Å²) in [5.74, 6) is -2.93. The van der Waals surface area contributed by atoms with Crippen LogP contribution in [0.25, 0.3) is 0 Å². The molecule has 1 unspecified atom stereocenters. The van der Waals surface area contributed by atoms with Gasteiger partial charge in [-0.3, -0.25) is 43.8 Å². The second-order valence-electron chi connectivity index (χ2n) is 12.8. The van der Waals surface area contributed by atoms with Gasteiger partial charge in [0.05, 0.1) is 16.7 Å². The third kappa shape index (κ3) is 6.06. The Morgan fingerprint density at radius 3 is 2.33 bits per heavy atom. The summed E-state index contributed by atoms with van der Waals surface area (Å²) in [5.41, 5.74) is 1.76. The molecular weight excluding hydrogens is 630 g/mol. The fourth-order valence-corrected chi connectivity index (χ4v) is 7.18. The number of likely N-dealkylation sites (tertiary alicyclic amines) is 1. The second kappa shape index (κ2) is 13.2. The molecule has 13 nitrogen and oxygen atoms in total. The number of fused-ring (bicyclic) bond motifs is 3. The summed E-state index contributed by atoms with van der Waals surface area (Å²) in [6, 6.07) is 11.9. The SMILES string of the molecule is O=C1CCC(N2C(=O)c3cccc(NCCCC4CCN(CCNC(=O)c5cc6c(o5)C(=O)c5ccccc5C6=O)CC4)c3C2=O)C(=O)N1. The van der Waals surface area contributed by atoms with Crippen LogP contribution in [0.4, 0.5) is 5.69 Å². The molecule has 3 aromatic rings. The molecule has 5 amide bonds. The molecule has 0 spiro atoms. The fourth-order valence-electron chi connectivity index (χ4n) is 7.18. The predicted molar refractivity (Wildman–Crippen MR) is 174 cm³/mol. The smallest absolute Gasteiger partial charge is 0.287 e. The number of rotatable bonds is 10. The Balaban J connectivity index is 0.836. The Bertz CT molecular complexity index is 1850. The molecule has 7 rings (SSSR count). The largest absolute Gasteiger partial charge is 0.447 e.